The summed E-state index contributed by atoms with van der Waals surface area (Å²) in [5.41, 5.74) is 3.37. The molecule has 1 amide bonds. The van der Waals surface area contributed by atoms with Crippen LogP contribution in [-0.2, 0) is 14.8 Å². The predicted molar refractivity (Wildman–Crippen MR) is 140 cm³/mol. The van der Waals surface area contributed by atoms with Gasteiger partial charge in [-0.3, -0.25) is 9.10 Å². The summed E-state index contributed by atoms with van der Waals surface area (Å²) in [6.45, 7) is 3.32. The molecule has 0 aliphatic heterocycles. The van der Waals surface area contributed by atoms with Gasteiger partial charge in [0, 0.05) is 16.6 Å². The zero-order valence-electron chi connectivity index (χ0n) is 19.6. The number of para-hydroxylation sites is 1. The Morgan fingerprint density at radius 2 is 1.80 bits per heavy atom. The Bertz CT molecular complexity index is 1450. The SMILES string of the molecule is COc1ccc(C)cc1S(=O)(=O)N(CC(=O)Nc1cccc(-c2csc(C)n2)c1)c1ccccc1. The van der Waals surface area contributed by atoms with Crippen LogP contribution in [0, 0.1) is 13.8 Å². The molecule has 1 aromatic heterocycles. The molecule has 0 saturated carbocycles. The molecule has 4 aromatic rings. The second kappa shape index (κ2) is 10.3. The van der Waals surface area contributed by atoms with Crippen LogP contribution in [0.3, 0.4) is 0 Å². The second-order valence-corrected chi connectivity index (χ2v) is 10.8. The summed E-state index contributed by atoms with van der Waals surface area (Å²) >= 11 is 1.55. The van der Waals surface area contributed by atoms with Gasteiger partial charge >= 0.3 is 0 Å². The number of carbonyl (C=O) groups is 1. The zero-order chi connectivity index (χ0) is 25.0. The maximum Gasteiger partial charge on any atom is 0.268 e. The first kappa shape index (κ1) is 24.4. The van der Waals surface area contributed by atoms with Crippen molar-refractivity contribution in [1.82, 2.24) is 4.98 Å². The topological polar surface area (TPSA) is 88.6 Å². The Balaban J connectivity index is 1.64. The van der Waals surface area contributed by atoms with Crippen LogP contribution in [0.15, 0.2) is 83.1 Å². The highest BCUT2D eigenvalue weighted by Gasteiger charge is 2.30. The molecule has 0 unspecified atom stereocenters. The number of sulfonamides is 1. The van der Waals surface area contributed by atoms with Crippen molar-refractivity contribution >= 4 is 38.6 Å². The van der Waals surface area contributed by atoms with Gasteiger partial charge in [-0.2, -0.15) is 0 Å². The third-order valence-corrected chi connectivity index (χ3v) is 7.85. The maximum atomic E-state index is 13.8. The Morgan fingerprint density at radius 1 is 1.03 bits per heavy atom. The molecule has 9 heteroatoms. The lowest BCUT2D eigenvalue weighted by molar-refractivity contribution is -0.114. The quantitative estimate of drug-likeness (QED) is 0.351. The van der Waals surface area contributed by atoms with Crippen molar-refractivity contribution in [3.63, 3.8) is 0 Å². The van der Waals surface area contributed by atoms with Gasteiger partial charge in [0.25, 0.3) is 10.0 Å². The average Bonchev–Trinajstić information content (AvgIpc) is 3.29. The molecule has 35 heavy (non-hydrogen) atoms. The van der Waals surface area contributed by atoms with E-state index in [2.05, 4.69) is 10.3 Å². The molecular formula is C26H25N3O4S2. The number of rotatable bonds is 8. The number of thiazole rings is 1. The highest BCUT2D eigenvalue weighted by atomic mass is 32.2. The van der Waals surface area contributed by atoms with Gasteiger partial charge in [0.15, 0.2) is 0 Å². The molecule has 0 fully saturated rings. The monoisotopic (exact) mass is 507 g/mol. The highest BCUT2D eigenvalue weighted by molar-refractivity contribution is 7.93. The molecule has 0 saturated heterocycles. The normalized spacial score (nSPS) is 11.2. The fraction of sp³-hybridized carbons (Fsp3) is 0.154. The molecule has 0 aliphatic carbocycles. The minimum atomic E-state index is -4.12. The van der Waals surface area contributed by atoms with Crippen molar-refractivity contribution in [2.24, 2.45) is 0 Å². The average molecular weight is 508 g/mol. The Kier molecular flexibility index (Phi) is 7.18. The summed E-state index contributed by atoms with van der Waals surface area (Å²) in [7, 11) is -2.70. The lowest BCUT2D eigenvalue weighted by atomic mass is 10.1. The summed E-state index contributed by atoms with van der Waals surface area (Å²) in [4.78, 5) is 17.6. The van der Waals surface area contributed by atoms with Gasteiger partial charge in [0.1, 0.15) is 17.2 Å². The highest BCUT2D eigenvalue weighted by Crippen LogP contribution is 2.31. The number of anilines is 2. The smallest absolute Gasteiger partial charge is 0.268 e. The van der Waals surface area contributed by atoms with Gasteiger partial charge in [0.05, 0.1) is 23.5 Å². The zero-order valence-corrected chi connectivity index (χ0v) is 21.2. The molecule has 7 nitrogen and oxygen atoms in total. The summed E-state index contributed by atoms with van der Waals surface area (Å²) in [5.74, 6) is -0.265. The first-order valence-corrected chi connectivity index (χ1v) is 13.1. The number of nitrogens with one attached hydrogen (secondary N) is 1. The number of benzene rings is 3. The van der Waals surface area contributed by atoms with Crippen LogP contribution in [0.5, 0.6) is 5.75 Å². The number of nitrogens with zero attached hydrogens (tertiary/aromatic N) is 2. The van der Waals surface area contributed by atoms with Crippen LogP contribution < -0.4 is 14.4 Å². The number of ether oxygens (including phenoxy) is 1. The van der Waals surface area contributed by atoms with E-state index in [4.69, 9.17) is 4.74 Å². The number of aryl methyl sites for hydroxylation is 2. The number of amides is 1. The van der Waals surface area contributed by atoms with Crippen LogP contribution in [0.25, 0.3) is 11.3 Å². The molecule has 0 radical (unpaired) electrons. The van der Waals surface area contributed by atoms with Crippen molar-refractivity contribution in [3.05, 3.63) is 88.7 Å². The van der Waals surface area contributed by atoms with Crippen LogP contribution >= 0.6 is 11.3 Å². The van der Waals surface area contributed by atoms with Crippen molar-refractivity contribution < 1.29 is 17.9 Å². The summed E-state index contributed by atoms with van der Waals surface area (Å²) in [5, 5.41) is 5.72. The number of carbonyl (C=O) groups excluding carboxylic acids is 1. The fourth-order valence-electron chi connectivity index (χ4n) is 3.60. The Labute approximate surface area is 209 Å². The lowest BCUT2D eigenvalue weighted by Gasteiger charge is -2.25. The van der Waals surface area contributed by atoms with E-state index >= 15 is 0 Å². The number of methoxy groups -OCH3 is 1. The molecule has 4 rings (SSSR count). The van der Waals surface area contributed by atoms with E-state index in [0.717, 1.165) is 26.1 Å². The van der Waals surface area contributed by atoms with E-state index < -0.39 is 22.5 Å². The predicted octanol–water partition coefficient (Wildman–Crippen LogP) is 5.27. The summed E-state index contributed by atoms with van der Waals surface area (Å²) < 4.78 is 33.9. The van der Waals surface area contributed by atoms with Crippen LogP contribution in [0.2, 0.25) is 0 Å². The largest absolute Gasteiger partial charge is 0.495 e. The molecule has 0 aliphatic rings. The Hall–Kier alpha value is -3.69. The molecular weight excluding hydrogens is 482 g/mol. The van der Waals surface area contributed by atoms with E-state index in [1.165, 1.54) is 7.11 Å². The van der Waals surface area contributed by atoms with Crippen LogP contribution in [0.4, 0.5) is 11.4 Å². The van der Waals surface area contributed by atoms with E-state index in [1.54, 1.807) is 72.9 Å². The lowest BCUT2D eigenvalue weighted by Crippen LogP contribution is -2.38. The standard InChI is InChI=1S/C26H25N3O4S2/c1-18-12-13-24(33-3)25(14-18)35(31,32)29(22-10-5-4-6-11-22)16-26(30)28-21-9-7-8-20(15-21)23-17-34-19(2)27-23/h4-15,17H,16H2,1-3H3,(H,28,30). The van der Waals surface area contributed by atoms with Crippen LogP contribution in [-0.4, -0.2) is 33.0 Å². The summed E-state index contributed by atoms with van der Waals surface area (Å²) in [6, 6.07) is 20.8. The van der Waals surface area contributed by atoms with Crippen LogP contribution in [0.1, 0.15) is 10.6 Å². The molecule has 0 atom stereocenters. The van der Waals surface area contributed by atoms with E-state index in [0.29, 0.717) is 11.4 Å². The number of hydrogen-bond donors (Lipinski definition) is 1. The van der Waals surface area contributed by atoms with Crippen molar-refractivity contribution in [3.8, 4) is 17.0 Å². The van der Waals surface area contributed by atoms with Gasteiger partial charge in [-0.05, 0) is 55.8 Å². The fourth-order valence-corrected chi connectivity index (χ4v) is 5.88. The summed E-state index contributed by atoms with van der Waals surface area (Å²) in [6.07, 6.45) is 0. The first-order valence-electron chi connectivity index (χ1n) is 10.8. The molecule has 180 valence electrons. The Morgan fingerprint density at radius 3 is 2.49 bits per heavy atom. The first-order chi connectivity index (χ1) is 16.8. The minimum absolute atomic E-state index is 0.00227. The molecule has 1 heterocycles. The third-order valence-electron chi connectivity index (χ3n) is 5.28. The molecule has 0 bridgehead atoms. The van der Waals surface area contributed by atoms with Gasteiger partial charge in [-0.15, -0.1) is 11.3 Å². The van der Waals surface area contributed by atoms with Gasteiger partial charge in [0.2, 0.25) is 5.91 Å². The van der Waals surface area contributed by atoms with E-state index in [-0.39, 0.29) is 10.6 Å². The van der Waals surface area contributed by atoms with Gasteiger partial charge in [-0.25, -0.2) is 13.4 Å². The second-order valence-electron chi connectivity index (χ2n) is 7.88. The molecule has 0 spiro atoms. The maximum absolute atomic E-state index is 13.8. The van der Waals surface area contributed by atoms with Crippen molar-refractivity contribution in [2.45, 2.75) is 18.7 Å². The minimum Gasteiger partial charge on any atom is -0.495 e. The van der Waals surface area contributed by atoms with Gasteiger partial charge in [-0.1, -0.05) is 36.4 Å². The van der Waals surface area contributed by atoms with Crippen molar-refractivity contribution in [1.29, 1.82) is 0 Å². The number of hydrogen-bond acceptors (Lipinski definition) is 6. The van der Waals surface area contributed by atoms with E-state index in [9.17, 15) is 13.2 Å². The van der Waals surface area contributed by atoms with Crippen molar-refractivity contribution in [2.75, 3.05) is 23.3 Å². The molecule has 3 aromatic carbocycles. The van der Waals surface area contributed by atoms with E-state index in [1.807, 2.05) is 30.5 Å². The third kappa shape index (κ3) is 5.52. The van der Waals surface area contributed by atoms with Gasteiger partial charge < -0.3 is 10.1 Å². The number of aromatic nitrogens is 1. The molecule has 1 N–H and O–H groups in total.